The quantitative estimate of drug-likeness (QED) is 0.306. The van der Waals surface area contributed by atoms with Crippen LogP contribution in [-0.2, 0) is 6.54 Å². The standard InChI is InChI=1S/C33H28N10/c34-19-25-20-36-21-30(38-25)42-17-15-41(16-18-42)22-23-8-10-26(11-9-23)43-32(27-7-4-14-37-31(27)35)40-29-13-12-28(39-33(29)43)24-5-2-1-3-6-24/h1-14,20-21H,15-18,22H2,(H2,35,37). The number of imidazole rings is 1. The van der Waals surface area contributed by atoms with E-state index in [1.807, 2.05) is 42.5 Å². The van der Waals surface area contributed by atoms with Crippen molar-refractivity contribution >= 4 is 22.8 Å². The van der Waals surface area contributed by atoms with Gasteiger partial charge in [-0.05, 0) is 42.0 Å². The molecule has 5 heterocycles. The van der Waals surface area contributed by atoms with Crippen molar-refractivity contribution in [1.29, 1.82) is 5.26 Å². The molecule has 0 amide bonds. The minimum absolute atomic E-state index is 0.339. The minimum atomic E-state index is 0.339. The summed E-state index contributed by atoms with van der Waals surface area (Å²) in [6, 6.07) is 28.6. The number of fused-ring (bicyclic) bond motifs is 1. The lowest BCUT2D eigenvalue weighted by Gasteiger charge is -2.35. The van der Waals surface area contributed by atoms with Gasteiger partial charge in [0.05, 0.1) is 23.7 Å². The van der Waals surface area contributed by atoms with Gasteiger partial charge < -0.3 is 10.6 Å². The molecule has 0 bridgehead atoms. The topological polar surface area (TPSA) is 126 Å². The van der Waals surface area contributed by atoms with Gasteiger partial charge in [-0.15, -0.1) is 0 Å². The Hall–Kier alpha value is -5.66. The van der Waals surface area contributed by atoms with Gasteiger partial charge in [-0.2, -0.15) is 5.26 Å². The zero-order valence-corrected chi connectivity index (χ0v) is 23.4. The van der Waals surface area contributed by atoms with E-state index < -0.39 is 0 Å². The molecule has 4 aromatic heterocycles. The van der Waals surface area contributed by atoms with Gasteiger partial charge in [-0.3, -0.25) is 14.5 Å². The Morgan fingerprint density at radius 1 is 0.814 bits per heavy atom. The van der Waals surface area contributed by atoms with E-state index in [1.54, 1.807) is 12.4 Å². The number of nitriles is 1. The molecule has 10 nitrogen and oxygen atoms in total. The Kier molecular flexibility index (Phi) is 6.91. The third-order valence-electron chi connectivity index (χ3n) is 7.69. The molecule has 10 heteroatoms. The van der Waals surface area contributed by atoms with E-state index in [1.165, 1.54) is 11.8 Å². The zero-order chi connectivity index (χ0) is 29.2. The first-order valence-corrected chi connectivity index (χ1v) is 14.1. The van der Waals surface area contributed by atoms with Crippen LogP contribution < -0.4 is 10.6 Å². The number of hydrogen-bond acceptors (Lipinski definition) is 9. The first-order chi connectivity index (χ1) is 21.2. The Bertz CT molecular complexity index is 1940. The second-order valence-corrected chi connectivity index (χ2v) is 10.4. The van der Waals surface area contributed by atoms with Crippen LogP contribution in [0.1, 0.15) is 11.3 Å². The molecular formula is C33H28N10. The van der Waals surface area contributed by atoms with Gasteiger partial charge in [0.25, 0.3) is 0 Å². The number of hydrogen-bond donors (Lipinski definition) is 1. The van der Waals surface area contributed by atoms with Crippen molar-refractivity contribution < 1.29 is 0 Å². The van der Waals surface area contributed by atoms with Gasteiger partial charge in [-0.25, -0.2) is 19.9 Å². The lowest BCUT2D eigenvalue weighted by Crippen LogP contribution is -2.46. The van der Waals surface area contributed by atoms with Crippen LogP contribution in [0.3, 0.4) is 0 Å². The third kappa shape index (κ3) is 5.25. The Balaban J connectivity index is 1.17. The van der Waals surface area contributed by atoms with Gasteiger partial charge in [-0.1, -0.05) is 42.5 Å². The molecule has 1 fully saturated rings. The number of anilines is 2. The number of piperazine rings is 1. The molecule has 43 heavy (non-hydrogen) atoms. The molecular weight excluding hydrogens is 536 g/mol. The highest BCUT2D eigenvalue weighted by molar-refractivity contribution is 5.84. The maximum Gasteiger partial charge on any atom is 0.165 e. The molecule has 210 valence electrons. The first-order valence-electron chi connectivity index (χ1n) is 14.1. The monoisotopic (exact) mass is 564 g/mol. The summed E-state index contributed by atoms with van der Waals surface area (Å²) in [5.74, 6) is 1.87. The lowest BCUT2D eigenvalue weighted by molar-refractivity contribution is 0.249. The van der Waals surface area contributed by atoms with Crippen molar-refractivity contribution in [3.05, 3.63) is 109 Å². The summed E-state index contributed by atoms with van der Waals surface area (Å²) in [4.78, 5) is 27.5. The highest BCUT2D eigenvalue weighted by atomic mass is 15.3. The van der Waals surface area contributed by atoms with Crippen LogP contribution in [0.2, 0.25) is 0 Å². The number of nitrogen functional groups attached to an aromatic ring is 1. The van der Waals surface area contributed by atoms with Gasteiger partial charge >= 0.3 is 0 Å². The number of benzene rings is 2. The fraction of sp³-hybridized carbons (Fsp3) is 0.152. The second-order valence-electron chi connectivity index (χ2n) is 10.4. The van der Waals surface area contributed by atoms with Gasteiger partial charge in [0.1, 0.15) is 23.2 Å². The average molecular weight is 565 g/mol. The molecule has 7 rings (SSSR count). The van der Waals surface area contributed by atoms with E-state index in [4.69, 9.17) is 21.0 Å². The van der Waals surface area contributed by atoms with E-state index in [2.05, 4.69) is 71.8 Å². The summed E-state index contributed by atoms with van der Waals surface area (Å²) in [5, 5.41) is 9.15. The van der Waals surface area contributed by atoms with Crippen molar-refractivity contribution in [3.63, 3.8) is 0 Å². The molecule has 0 saturated carbocycles. The number of nitrogens with zero attached hydrogens (tertiary/aromatic N) is 9. The van der Waals surface area contributed by atoms with Crippen molar-refractivity contribution in [3.8, 4) is 34.4 Å². The summed E-state index contributed by atoms with van der Waals surface area (Å²) in [6.45, 7) is 4.27. The largest absolute Gasteiger partial charge is 0.383 e. The smallest absolute Gasteiger partial charge is 0.165 e. The molecule has 1 saturated heterocycles. The van der Waals surface area contributed by atoms with Crippen LogP contribution >= 0.6 is 0 Å². The van der Waals surface area contributed by atoms with Gasteiger partial charge in [0, 0.05) is 50.2 Å². The predicted octanol–water partition coefficient (Wildman–Crippen LogP) is 4.72. The van der Waals surface area contributed by atoms with Gasteiger partial charge in [0.15, 0.2) is 17.2 Å². The number of rotatable bonds is 6. The first kappa shape index (κ1) is 26.3. The number of pyridine rings is 2. The maximum absolute atomic E-state index is 9.15. The van der Waals surface area contributed by atoms with Crippen LogP contribution in [0.5, 0.6) is 0 Å². The molecule has 0 spiro atoms. The zero-order valence-electron chi connectivity index (χ0n) is 23.4. The van der Waals surface area contributed by atoms with Gasteiger partial charge in [0.2, 0.25) is 0 Å². The number of nitrogens with two attached hydrogens (primary N) is 1. The molecule has 0 atom stereocenters. The highest BCUT2D eigenvalue weighted by Gasteiger charge is 2.21. The highest BCUT2D eigenvalue weighted by Crippen LogP contribution is 2.32. The summed E-state index contributed by atoms with van der Waals surface area (Å²) in [6.07, 6.45) is 4.89. The SMILES string of the molecule is N#Cc1cncc(N2CCN(Cc3ccc(-n4c(-c5cccnc5N)nc5ccc(-c6ccccc6)nc54)cc3)CC2)n1. The molecule has 2 N–H and O–H groups in total. The lowest BCUT2D eigenvalue weighted by atomic mass is 10.1. The summed E-state index contributed by atoms with van der Waals surface area (Å²) >= 11 is 0. The minimum Gasteiger partial charge on any atom is -0.383 e. The fourth-order valence-electron chi connectivity index (χ4n) is 5.46. The molecule has 6 aromatic rings. The van der Waals surface area contributed by atoms with E-state index in [9.17, 15) is 0 Å². The second kappa shape index (κ2) is 11.3. The van der Waals surface area contributed by atoms with Crippen molar-refractivity contribution in [2.45, 2.75) is 6.54 Å². The van der Waals surface area contributed by atoms with Crippen LogP contribution in [0.15, 0.2) is 97.5 Å². The van der Waals surface area contributed by atoms with E-state index in [0.29, 0.717) is 17.3 Å². The molecule has 0 radical (unpaired) electrons. The van der Waals surface area contributed by atoms with Crippen molar-refractivity contribution in [1.82, 2.24) is 34.4 Å². The average Bonchev–Trinajstić information content (AvgIpc) is 3.44. The van der Waals surface area contributed by atoms with E-state index in [-0.39, 0.29) is 0 Å². The van der Waals surface area contributed by atoms with E-state index in [0.717, 1.165) is 72.2 Å². The molecule has 0 unspecified atom stereocenters. The van der Waals surface area contributed by atoms with Crippen molar-refractivity contribution in [2.24, 2.45) is 0 Å². The van der Waals surface area contributed by atoms with Crippen LogP contribution in [0.4, 0.5) is 11.6 Å². The Morgan fingerprint density at radius 3 is 2.40 bits per heavy atom. The summed E-state index contributed by atoms with van der Waals surface area (Å²) in [5.41, 5.74) is 13.0. The fourth-order valence-corrected chi connectivity index (χ4v) is 5.46. The van der Waals surface area contributed by atoms with Crippen LogP contribution in [-0.4, -0.2) is 60.6 Å². The van der Waals surface area contributed by atoms with Crippen LogP contribution in [0.25, 0.3) is 39.5 Å². The molecule has 2 aromatic carbocycles. The maximum atomic E-state index is 9.15. The van der Waals surface area contributed by atoms with Crippen LogP contribution in [0, 0.1) is 11.3 Å². The third-order valence-corrected chi connectivity index (χ3v) is 7.69. The normalized spacial score (nSPS) is 13.7. The Morgan fingerprint density at radius 2 is 1.63 bits per heavy atom. The predicted molar refractivity (Wildman–Crippen MR) is 166 cm³/mol. The number of aromatic nitrogens is 6. The van der Waals surface area contributed by atoms with E-state index >= 15 is 0 Å². The summed E-state index contributed by atoms with van der Waals surface area (Å²) in [7, 11) is 0. The molecule has 0 aliphatic carbocycles. The molecule has 1 aliphatic rings. The van der Waals surface area contributed by atoms with Crippen molar-refractivity contribution in [2.75, 3.05) is 36.8 Å². The molecule has 1 aliphatic heterocycles. The Labute approximate surface area is 248 Å². The summed E-state index contributed by atoms with van der Waals surface area (Å²) < 4.78 is 2.06.